The Kier molecular flexibility index (Phi) is 5.18. The molecule has 0 saturated carbocycles. The second-order valence-electron chi connectivity index (χ2n) is 5.90. The summed E-state index contributed by atoms with van der Waals surface area (Å²) in [6.07, 6.45) is 3.65. The van der Waals surface area contributed by atoms with Crippen LogP contribution < -0.4 is 5.32 Å². The van der Waals surface area contributed by atoms with Gasteiger partial charge in [0.05, 0.1) is 5.71 Å². The molecule has 0 bridgehead atoms. The van der Waals surface area contributed by atoms with Crippen molar-refractivity contribution >= 4 is 17.4 Å². The third-order valence-electron chi connectivity index (χ3n) is 3.99. The summed E-state index contributed by atoms with van der Waals surface area (Å²) in [4.78, 5) is 27.8. The molecule has 3 rings (SSSR count). The zero-order valence-electron chi connectivity index (χ0n) is 14.0. The lowest BCUT2D eigenvalue weighted by Crippen LogP contribution is -2.25. The summed E-state index contributed by atoms with van der Waals surface area (Å²) in [7, 11) is 0. The van der Waals surface area contributed by atoms with E-state index < -0.39 is 0 Å². The summed E-state index contributed by atoms with van der Waals surface area (Å²) in [5.41, 5.74) is 2.68. The van der Waals surface area contributed by atoms with Crippen LogP contribution in [0.1, 0.15) is 36.7 Å². The van der Waals surface area contributed by atoms with Gasteiger partial charge in [0.15, 0.2) is 17.2 Å². The van der Waals surface area contributed by atoms with Crippen molar-refractivity contribution in [1.29, 1.82) is 0 Å². The first-order chi connectivity index (χ1) is 12.1. The molecule has 0 radical (unpaired) electrons. The number of carbonyl (C=O) groups excluding carboxylic acids is 2. The number of hydrogen-bond donors (Lipinski definition) is 1. The fourth-order valence-electron chi connectivity index (χ4n) is 2.52. The lowest BCUT2D eigenvalue weighted by Gasteiger charge is -2.10. The minimum absolute atomic E-state index is 0.0672. The molecule has 1 amide bonds. The average molecular weight is 337 g/mol. The summed E-state index contributed by atoms with van der Waals surface area (Å²) in [5, 5.41) is 6.63. The standard InChI is InChI=1S/C19H19N3O3/c1-13-17(23)10-14(12-21-13)6-5-9-20-19(24)16-11-18(25-22-16)15-7-3-2-4-8-15/h2-4,7-8,11-12H,5-6,9-10H2,1H3,(H,20,24). The van der Waals surface area contributed by atoms with Crippen LogP contribution >= 0.6 is 0 Å². The molecule has 0 fully saturated rings. The molecule has 2 aromatic rings. The van der Waals surface area contributed by atoms with Crippen molar-refractivity contribution in [3.8, 4) is 11.3 Å². The molecule has 0 saturated heterocycles. The van der Waals surface area contributed by atoms with E-state index in [4.69, 9.17) is 4.52 Å². The molecule has 6 heteroatoms. The van der Waals surface area contributed by atoms with Gasteiger partial charge in [-0.25, -0.2) is 0 Å². The highest BCUT2D eigenvalue weighted by Gasteiger charge is 2.15. The van der Waals surface area contributed by atoms with Crippen molar-refractivity contribution in [3.05, 3.63) is 53.9 Å². The topological polar surface area (TPSA) is 84.6 Å². The van der Waals surface area contributed by atoms with Gasteiger partial charge in [0, 0.05) is 30.8 Å². The molecule has 1 aliphatic rings. The molecular weight excluding hydrogens is 318 g/mol. The van der Waals surface area contributed by atoms with Crippen molar-refractivity contribution < 1.29 is 14.1 Å². The zero-order chi connectivity index (χ0) is 17.6. The molecule has 0 spiro atoms. The summed E-state index contributed by atoms with van der Waals surface area (Å²) in [6.45, 7) is 2.22. The number of rotatable bonds is 6. The molecule has 0 unspecified atom stereocenters. The predicted octanol–water partition coefficient (Wildman–Crippen LogP) is 3.17. The SMILES string of the molecule is CC1=NC=C(CCCNC(=O)c2cc(-c3ccccc3)on2)CC1=O. The monoisotopic (exact) mass is 337 g/mol. The maximum absolute atomic E-state index is 12.1. The van der Waals surface area contributed by atoms with Gasteiger partial charge >= 0.3 is 0 Å². The molecular formula is C19H19N3O3. The van der Waals surface area contributed by atoms with E-state index in [9.17, 15) is 9.59 Å². The van der Waals surface area contributed by atoms with E-state index in [1.54, 1.807) is 19.2 Å². The highest BCUT2D eigenvalue weighted by molar-refractivity contribution is 6.40. The fraction of sp³-hybridized carbons (Fsp3) is 0.263. The quantitative estimate of drug-likeness (QED) is 0.821. The molecule has 6 nitrogen and oxygen atoms in total. The Morgan fingerprint density at radius 3 is 2.84 bits per heavy atom. The van der Waals surface area contributed by atoms with Gasteiger partial charge in [-0.1, -0.05) is 35.5 Å². The Labute approximate surface area is 145 Å². The Morgan fingerprint density at radius 2 is 2.08 bits per heavy atom. The number of Topliss-reactive ketones (excluding diaryl/α,β-unsaturated/α-hetero) is 1. The van der Waals surface area contributed by atoms with Crippen molar-refractivity contribution in [2.24, 2.45) is 4.99 Å². The molecule has 1 aliphatic heterocycles. The normalized spacial score (nSPS) is 14.0. The van der Waals surface area contributed by atoms with Crippen molar-refractivity contribution in [2.75, 3.05) is 6.54 Å². The lowest BCUT2D eigenvalue weighted by molar-refractivity contribution is -0.112. The van der Waals surface area contributed by atoms with Crippen LogP contribution in [0.4, 0.5) is 0 Å². The van der Waals surface area contributed by atoms with Crippen LogP contribution in [-0.2, 0) is 4.79 Å². The van der Waals surface area contributed by atoms with Gasteiger partial charge in [0.2, 0.25) is 0 Å². The van der Waals surface area contributed by atoms with Crippen LogP contribution in [0.2, 0.25) is 0 Å². The Hall–Kier alpha value is -3.02. The number of hydrogen-bond acceptors (Lipinski definition) is 5. The number of amides is 1. The summed E-state index contributed by atoms with van der Waals surface area (Å²) >= 11 is 0. The van der Waals surface area contributed by atoms with Gasteiger partial charge in [-0.3, -0.25) is 14.6 Å². The van der Waals surface area contributed by atoms with E-state index in [0.717, 1.165) is 24.0 Å². The largest absolute Gasteiger partial charge is 0.355 e. The van der Waals surface area contributed by atoms with Crippen LogP contribution in [0.5, 0.6) is 0 Å². The summed E-state index contributed by atoms with van der Waals surface area (Å²) in [5.74, 6) is 0.357. The Balaban J connectivity index is 1.47. The van der Waals surface area contributed by atoms with Crippen LogP contribution in [0.25, 0.3) is 11.3 Å². The van der Waals surface area contributed by atoms with Gasteiger partial charge < -0.3 is 9.84 Å². The number of nitrogens with one attached hydrogen (secondary N) is 1. The maximum Gasteiger partial charge on any atom is 0.273 e. The van der Waals surface area contributed by atoms with Crippen LogP contribution in [0.3, 0.4) is 0 Å². The van der Waals surface area contributed by atoms with Gasteiger partial charge in [0.25, 0.3) is 5.91 Å². The third kappa shape index (κ3) is 4.29. The third-order valence-corrected chi connectivity index (χ3v) is 3.99. The van der Waals surface area contributed by atoms with E-state index in [-0.39, 0.29) is 17.4 Å². The Bertz CT molecular complexity index is 835. The van der Waals surface area contributed by atoms with E-state index in [1.807, 2.05) is 30.3 Å². The summed E-state index contributed by atoms with van der Waals surface area (Å²) < 4.78 is 5.22. The second-order valence-corrected chi connectivity index (χ2v) is 5.90. The molecule has 25 heavy (non-hydrogen) atoms. The number of benzene rings is 1. The van der Waals surface area contributed by atoms with Gasteiger partial charge in [-0.05, 0) is 25.3 Å². The molecule has 1 aromatic carbocycles. The zero-order valence-corrected chi connectivity index (χ0v) is 14.0. The van der Waals surface area contributed by atoms with Gasteiger partial charge in [-0.2, -0.15) is 0 Å². The molecule has 128 valence electrons. The van der Waals surface area contributed by atoms with E-state index in [1.165, 1.54) is 0 Å². The molecule has 0 aliphatic carbocycles. The molecule has 1 aromatic heterocycles. The minimum atomic E-state index is -0.270. The molecule has 2 heterocycles. The molecule has 1 N–H and O–H groups in total. The van der Waals surface area contributed by atoms with E-state index >= 15 is 0 Å². The maximum atomic E-state index is 12.1. The number of aromatic nitrogens is 1. The van der Waals surface area contributed by atoms with Crippen LogP contribution in [0, 0.1) is 0 Å². The minimum Gasteiger partial charge on any atom is -0.355 e. The average Bonchev–Trinajstić information content (AvgIpc) is 3.12. The van der Waals surface area contributed by atoms with E-state index in [0.29, 0.717) is 24.4 Å². The second kappa shape index (κ2) is 7.70. The smallest absolute Gasteiger partial charge is 0.273 e. The highest BCUT2D eigenvalue weighted by Crippen LogP contribution is 2.19. The number of allylic oxidation sites excluding steroid dienone is 1. The van der Waals surface area contributed by atoms with E-state index in [2.05, 4.69) is 15.5 Å². The lowest BCUT2D eigenvalue weighted by atomic mass is 10.0. The Morgan fingerprint density at radius 1 is 1.28 bits per heavy atom. The first-order valence-electron chi connectivity index (χ1n) is 8.19. The van der Waals surface area contributed by atoms with Gasteiger partial charge in [-0.15, -0.1) is 0 Å². The summed E-state index contributed by atoms with van der Waals surface area (Å²) in [6, 6.07) is 11.1. The van der Waals surface area contributed by atoms with Crippen LogP contribution in [0.15, 0.2) is 57.7 Å². The van der Waals surface area contributed by atoms with Crippen molar-refractivity contribution in [3.63, 3.8) is 0 Å². The van der Waals surface area contributed by atoms with Gasteiger partial charge in [0.1, 0.15) is 0 Å². The van der Waals surface area contributed by atoms with Crippen molar-refractivity contribution in [2.45, 2.75) is 26.2 Å². The highest BCUT2D eigenvalue weighted by atomic mass is 16.5. The molecule has 0 atom stereocenters. The number of aliphatic imine (C=N–C) groups is 1. The fourth-order valence-corrected chi connectivity index (χ4v) is 2.52. The number of nitrogens with zero attached hydrogens (tertiary/aromatic N) is 2. The van der Waals surface area contributed by atoms with Crippen molar-refractivity contribution in [1.82, 2.24) is 10.5 Å². The number of carbonyl (C=O) groups is 2. The number of ketones is 1. The van der Waals surface area contributed by atoms with Crippen LogP contribution in [-0.4, -0.2) is 29.1 Å². The first kappa shape index (κ1) is 16.8. The first-order valence-corrected chi connectivity index (χ1v) is 8.19. The predicted molar refractivity (Wildman–Crippen MR) is 94.3 cm³/mol.